The Morgan fingerprint density at radius 1 is 1.18 bits per heavy atom. The Labute approximate surface area is 105 Å². The van der Waals surface area contributed by atoms with Gasteiger partial charge in [-0.15, -0.1) is 11.3 Å². The summed E-state index contributed by atoms with van der Waals surface area (Å²) in [6.45, 7) is 4.14. The van der Waals surface area contributed by atoms with Gasteiger partial charge in [0.15, 0.2) is 5.78 Å². The Morgan fingerprint density at radius 2 is 1.88 bits per heavy atom. The van der Waals surface area contributed by atoms with Gasteiger partial charge in [-0.2, -0.15) is 0 Å². The molecule has 0 saturated heterocycles. The molecule has 0 aliphatic carbocycles. The lowest BCUT2D eigenvalue weighted by atomic mass is 10.3. The van der Waals surface area contributed by atoms with Crippen molar-refractivity contribution in [1.29, 1.82) is 0 Å². The number of ketones is 1. The molecule has 0 aliphatic heterocycles. The minimum atomic E-state index is 0.0278. The first-order valence-electron chi connectivity index (χ1n) is 5.48. The molecule has 0 radical (unpaired) electrons. The van der Waals surface area contributed by atoms with Gasteiger partial charge in [-0.1, -0.05) is 0 Å². The number of methoxy groups -OCH3 is 1. The third-order valence-corrected chi connectivity index (χ3v) is 3.09. The number of thiophene rings is 1. The third kappa shape index (κ3) is 5.93. The molecular weight excluding hydrogens is 240 g/mol. The number of rotatable bonds is 9. The van der Waals surface area contributed by atoms with Crippen LogP contribution < -0.4 is 0 Å². The number of Topliss-reactive ketones (excluding diaryl/α,β-unsaturated/α-hetero) is 1. The van der Waals surface area contributed by atoms with Crippen molar-refractivity contribution in [2.75, 3.05) is 40.1 Å². The van der Waals surface area contributed by atoms with E-state index >= 15 is 0 Å². The summed E-state index contributed by atoms with van der Waals surface area (Å²) in [4.78, 5) is 13.5. The van der Waals surface area contributed by atoms with Crippen molar-refractivity contribution < 1.29 is 19.0 Å². The van der Waals surface area contributed by atoms with E-state index in [1.54, 1.807) is 7.11 Å². The molecule has 0 bridgehead atoms. The Morgan fingerprint density at radius 3 is 2.53 bits per heavy atom. The molecule has 0 atom stereocenters. The van der Waals surface area contributed by atoms with Crippen molar-refractivity contribution in [2.24, 2.45) is 0 Å². The van der Waals surface area contributed by atoms with E-state index in [1.807, 2.05) is 19.1 Å². The van der Waals surface area contributed by atoms with Crippen molar-refractivity contribution in [2.45, 2.75) is 6.92 Å². The highest BCUT2D eigenvalue weighted by Gasteiger charge is 2.07. The standard InChI is InChI=1S/C12H18O4S/c1-10-3-4-12(17-10)11(13)9-16-8-7-15-6-5-14-2/h3-4H,5-9H2,1-2H3. The van der Waals surface area contributed by atoms with Crippen molar-refractivity contribution >= 4 is 17.1 Å². The summed E-state index contributed by atoms with van der Waals surface area (Å²) in [5.74, 6) is 0.0278. The minimum absolute atomic E-state index is 0.0278. The maximum absolute atomic E-state index is 11.6. The van der Waals surface area contributed by atoms with E-state index < -0.39 is 0 Å². The van der Waals surface area contributed by atoms with Gasteiger partial charge in [0, 0.05) is 12.0 Å². The average molecular weight is 258 g/mol. The molecule has 0 N–H and O–H groups in total. The zero-order valence-corrected chi connectivity index (χ0v) is 11.0. The van der Waals surface area contributed by atoms with Crippen molar-refractivity contribution in [1.82, 2.24) is 0 Å². The summed E-state index contributed by atoms with van der Waals surface area (Å²) >= 11 is 1.49. The summed E-state index contributed by atoms with van der Waals surface area (Å²) in [5.41, 5.74) is 0. The van der Waals surface area contributed by atoms with E-state index in [1.165, 1.54) is 11.3 Å². The van der Waals surface area contributed by atoms with Gasteiger partial charge in [-0.25, -0.2) is 0 Å². The molecule has 17 heavy (non-hydrogen) atoms. The summed E-state index contributed by atoms with van der Waals surface area (Å²) in [6, 6.07) is 3.77. The molecule has 0 spiro atoms. The lowest BCUT2D eigenvalue weighted by molar-refractivity contribution is 0.0254. The molecule has 1 rings (SSSR count). The topological polar surface area (TPSA) is 44.8 Å². The maximum Gasteiger partial charge on any atom is 0.198 e. The molecular formula is C12H18O4S. The lowest BCUT2D eigenvalue weighted by Gasteiger charge is -2.04. The Hall–Kier alpha value is -0.750. The highest BCUT2D eigenvalue weighted by Crippen LogP contribution is 2.15. The number of carbonyl (C=O) groups is 1. The van der Waals surface area contributed by atoms with Gasteiger partial charge in [0.2, 0.25) is 0 Å². The van der Waals surface area contributed by atoms with Gasteiger partial charge in [-0.3, -0.25) is 4.79 Å². The molecule has 1 aromatic heterocycles. The SMILES string of the molecule is COCCOCCOCC(=O)c1ccc(C)s1. The van der Waals surface area contributed by atoms with Crippen LogP contribution in [0.3, 0.4) is 0 Å². The quantitative estimate of drug-likeness (QED) is 0.501. The number of aryl methyl sites for hydroxylation is 1. The van der Waals surface area contributed by atoms with Crippen molar-refractivity contribution in [3.63, 3.8) is 0 Å². The first-order valence-corrected chi connectivity index (χ1v) is 6.29. The molecule has 5 heteroatoms. The van der Waals surface area contributed by atoms with Gasteiger partial charge >= 0.3 is 0 Å². The first kappa shape index (κ1) is 14.3. The van der Waals surface area contributed by atoms with Crippen molar-refractivity contribution in [3.8, 4) is 0 Å². The highest BCUT2D eigenvalue weighted by molar-refractivity contribution is 7.14. The van der Waals surface area contributed by atoms with Crippen molar-refractivity contribution in [3.05, 3.63) is 21.9 Å². The molecule has 96 valence electrons. The molecule has 4 nitrogen and oxygen atoms in total. The van der Waals surface area contributed by atoms with E-state index in [9.17, 15) is 4.79 Å². The van der Waals surface area contributed by atoms with Crippen LogP contribution in [0.5, 0.6) is 0 Å². The molecule has 0 saturated carbocycles. The van der Waals surface area contributed by atoms with E-state index in [0.29, 0.717) is 26.4 Å². The van der Waals surface area contributed by atoms with Crippen LogP contribution in [0, 0.1) is 6.92 Å². The van der Waals surface area contributed by atoms with Crippen LogP contribution in [0.1, 0.15) is 14.5 Å². The summed E-state index contributed by atoms with van der Waals surface area (Å²) in [6.07, 6.45) is 0. The molecule has 1 heterocycles. The second-order valence-corrected chi connectivity index (χ2v) is 4.78. The van der Waals surface area contributed by atoms with Crippen LogP contribution in [0.25, 0.3) is 0 Å². The number of hydrogen-bond acceptors (Lipinski definition) is 5. The fraction of sp³-hybridized carbons (Fsp3) is 0.583. The average Bonchev–Trinajstić information content (AvgIpc) is 2.74. The fourth-order valence-electron chi connectivity index (χ4n) is 1.18. The lowest BCUT2D eigenvalue weighted by Crippen LogP contribution is -2.13. The second kappa shape index (κ2) is 8.36. The van der Waals surface area contributed by atoms with Gasteiger partial charge in [0.25, 0.3) is 0 Å². The minimum Gasteiger partial charge on any atom is -0.382 e. The van der Waals surface area contributed by atoms with Gasteiger partial charge < -0.3 is 14.2 Å². The first-order chi connectivity index (χ1) is 8.24. The molecule has 0 aromatic carbocycles. The van der Waals surface area contributed by atoms with Gasteiger partial charge in [0.05, 0.1) is 31.3 Å². The third-order valence-electron chi connectivity index (χ3n) is 2.05. The van der Waals surface area contributed by atoms with Crippen LogP contribution >= 0.6 is 11.3 Å². The molecule has 0 aliphatic rings. The summed E-state index contributed by atoms with van der Waals surface area (Å²) in [5, 5.41) is 0. The molecule has 0 amide bonds. The monoisotopic (exact) mass is 258 g/mol. The molecule has 0 fully saturated rings. The molecule has 0 unspecified atom stereocenters. The normalized spacial score (nSPS) is 10.7. The van der Waals surface area contributed by atoms with Crippen LogP contribution in [0.2, 0.25) is 0 Å². The summed E-state index contributed by atoms with van der Waals surface area (Å²) in [7, 11) is 1.63. The van der Waals surface area contributed by atoms with Crippen LogP contribution in [0.4, 0.5) is 0 Å². The number of ether oxygens (including phenoxy) is 3. The fourth-order valence-corrected chi connectivity index (χ4v) is 1.97. The maximum atomic E-state index is 11.6. The number of carbonyl (C=O) groups excluding carboxylic acids is 1. The van der Waals surface area contributed by atoms with E-state index in [4.69, 9.17) is 14.2 Å². The second-order valence-electron chi connectivity index (χ2n) is 3.49. The highest BCUT2D eigenvalue weighted by atomic mass is 32.1. The Bertz CT molecular complexity index is 335. The smallest absolute Gasteiger partial charge is 0.198 e. The zero-order chi connectivity index (χ0) is 12.5. The van der Waals surface area contributed by atoms with E-state index in [2.05, 4.69) is 0 Å². The van der Waals surface area contributed by atoms with Crippen LogP contribution in [-0.2, 0) is 14.2 Å². The Balaban J connectivity index is 2.05. The van der Waals surface area contributed by atoms with Crippen LogP contribution in [0.15, 0.2) is 12.1 Å². The predicted molar refractivity (Wildman–Crippen MR) is 66.9 cm³/mol. The van der Waals surface area contributed by atoms with E-state index in [-0.39, 0.29) is 12.4 Å². The molecule has 1 aromatic rings. The Kier molecular flexibility index (Phi) is 7.04. The zero-order valence-electron chi connectivity index (χ0n) is 10.2. The largest absolute Gasteiger partial charge is 0.382 e. The van der Waals surface area contributed by atoms with Crippen LogP contribution in [-0.4, -0.2) is 45.9 Å². The number of hydrogen-bond donors (Lipinski definition) is 0. The van der Waals surface area contributed by atoms with E-state index in [0.717, 1.165) is 9.75 Å². The predicted octanol–water partition coefficient (Wildman–Crippen LogP) is 1.92. The summed E-state index contributed by atoms with van der Waals surface area (Å²) < 4.78 is 15.3. The van der Waals surface area contributed by atoms with Gasteiger partial charge in [0.1, 0.15) is 6.61 Å². The van der Waals surface area contributed by atoms with Gasteiger partial charge in [-0.05, 0) is 19.1 Å².